The smallest absolute Gasteiger partial charge is 0.271 e. The zero-order chi connectivity index (χ0) is 14.4. The van der Waals surface area contributed by atoms with Crippen molar-refractivity contribution in [3.05, 3.63) is 40.2 Å². The van der Waals surface area contributed by atoms with Crippen LogP contribution in [0.3, 0.4) is 0 Å². The van der Waals surface area contributed by atoms with Crippen molar-refractivity contribution in [2.45, 2.75) is 26.3 Å². The summed E-state index contributed by atoms with van der Waals surface area (Å²) in [6.45, 7) is 4.54. The molecule has 0 aromatic carbocycles. The highest BCUT2D eigenvalue weighted by atomic mass is 32.1. The Labute approximate surface area is 122 Å². The van der Waals surface area contributed by atoms with Gasteiger partial charge in [0.25, 0.3) is 5.91 Å². The van der Waals surface area contributed by atoms with E-state index in [9.17, 15) is 4.79 Å². The van der Waals surface area contributed by atoms with E-state index in [0.29, 0.717) is 18.1 Å². The second-order valence-electron chi connectivity index (χ2n) is 4.54. The van der Waals surface area contributed by atoms with Crippen LogP contribution >= 0.6 is 11.3 Å². The van der Waals surface area contributed by atoms with Crippen molar-refractivity contribution in [1.82, 2.24) is 15.5 Å². The normalized spacial score (nSPS) is 11.9. The molecule has 0 aliphatic heterocycles. The molecule has 1 atom stereocenters. The molecule has 2 aromatic heterocycles. The first-order valence-electron chi connectivity index (χ1n) is 6.58. The van der Waals surface area contributed by atoms with Gasteiger partial charge in [-0.1, -0.05) is 0 Å². The third-order valence-electron chi connectivity index (χ3n) is 2.75. The van der Waals surface area contributed by atoms with E-state index in [1.54, 1.807) is 23.5 Å². The van der Waals surface area contributed by atoms with Gasteiger partial charge in [0.2, 0.25) is 0 Å². The van der Waals surface area contributed by atoms with Gasteiger partial charge in [-0.25, -0.2) is 0 Å². The molecule has 1 amide bonds. The van der Waals surface area contributed by atoms with Crippen molar-refractivity contribution in [2.75, 3.05) is 11.9 Å². The maximum atomic E-state index is 11.6. The van der Waals surface area contributed by atoms with E-state index >= 15 is 0 Å². The van der Waals surface area contributed by atoms with Crippen molar-refractivity contribution in [3.63, 3.8) is 0 Å². The van der Waals surface area contributed by atoms with Gasteiger partial charge in [-0.15, -0.1) is 10.2 Å². The lowest BCUT2D eigenvalue weighted by atomic mass is 10.1. The Morgan fingerprint density at radius 3 is 2.80 bits per heavy atom. The number of thiophene rings is 1. The molecule has 20 heavy (non-hydrogen) atoms. The lowest BCUT2D eigenvalue weighted by molar-refractivity contribution is 0.0950. The molecule has 2 heterocycles. The number of rotatable bonds is 6. The second-order valence-corrected chi connectivity index (χ2v) is 5.32. The number of nitrogens with zero attached hydrogens (tertiary/aromatic N) is 2. The summed E-state index contributed by atoms with van der Waals surface area (Å²) in [7, 11) is 0. The zero-order valence-electron chi connectivity index (χ0n) is 11.6. The fourth-order valence-corrected chi connectivity index (χ4v) is 2.53. The van der Waals surface area contributed by atoms with Gasteiger partial charge in [-0.2, -0.15) is 11.3 Å². The van der Waals surface area contributed by atoms with Crippen molar-refractivity contribution in [1.29, 1.82) is 0 Å². The highest BCUT2D eigenvalue weighted by Gasteiger charge is 2.08. The topological polar surface area (TPSA) is 66.9 Å². The van der Waals surface area contributed by atoms with E-state index in [0.717, 1.165) is 6.42 Å². The standard InChI is InChI=1S/C14H18N4OS/c1-3-15-14(19)12-4-5-13(18-17-12)16-10(2)8-11-6-7-20-9-11/h4-7,9-10H,3,8H2,1-2H3,(H,15,19)(H,16,18). The number of carbonyl (C=O) groups excluding carboxylic acids is 1. The van der Waals surface area contributed by atoms with Gasteiger partial charge in [0.1, 0.15) is 5.82 Å². The number of amides is 1. The molecule has 0 radical (unpaired) electrons. The summed E-state index contributed by atoms with van der Waals surface area (Å²) in [6.07, 6.45) is 0.934. The minimum Gasteiger partial charge on any atom is -0.366 e. The number of hydrogen-bond donors (Lipinski definition) is 2. The maximum Gasteiger partial charge on any atom is 0.271 e. The fourth-order valence-electron chi connectivity index (χ4n) is 1.85. The molecule has 5 nitrogen and oxygen atoms in total. The van der Waals surface area contributed by atoms with Gasteiger partial charge in [-0.05, 0) is 54.8 Å². The summed E-state index contributed by atoms with van der Waals surface area (Å²) in [4.78, 5) is 11.6. The molecule has 106 valence electrons. The van der Waals surface area contributed by atoms with Gasteiger partial charge in [0.15, 0.2) is 5.69 Å². The summed E-state index contributed by atoms with van der Waals surface area (Å²) in [5, 5.41) is 18.1. The van der Waals surface area contributed by atoms with Crippen LogP contribution < -0.4 is 10.6 Å². The Kier molecular flexibility index (Phi) is 5.06. The van der Waals surface area contributed by atoms with Crippen LogP contribution in [0.15, 0.2) is 29.0 Å². The molecule has 0 aliphatic rings. The Balaban J connectivity index is 1.91. The van der Waals surface area contributed by atoms with Crippen LogP contribution in [0.4, 0.5) is 5.82 Å². The summed E-state index contributed by atoms with van der Waals surface area (Å²) < 4.78 is 0. The van der Waals surface area contributed by atoms with Crippen molar-refractivity contribution in [3.8, 4) is 0 Å². The minimum absolute atomic E-state index is 0.196. The van der Waals surface area contributed by atoms with E-state index in [-0.39, 0.29) is 11.9 Å². The van der Waals surface area contributed by atoms with Crippen LogP contribution in [0.5, 0.6) is 0 Å². The largest absolute Gasteiger partial charge is 0.366 e. The molecular weight excluding hydrogens is 272 g/mol. The molecule has 1 unspecified atom stereocenters. The van der Waals surface area contributed by atoms with Crippen molar-refractivity contribution >= 4 is 23.1 Å². The molecule has 2 aromatic rings. The Hall–Kier alpha value is -1.95. The molecule has 0 saturated carbocycles. The number of nitrogens with one attached hydrogen (secondary N) is 2. The van der Waals surface area contributed by atoms with Crippen LogP contribution in [0.25, 0.3) is 0 Å². The molecule has 0 aliphatic carbocycles. The SMILES string of the molecule is CCNC(=O)c1ccc(NC(C)Cc2ccsc2)nn1. The average molecular weight is 290 g/mol. The lowest BCUT2D eigenvalue weighted by Gasteiger charge is -2.13. The molecule has 6 heteroatoms. The zero-order valence-corrected chi connectivity index (χ0v) is 12.4. The van der Waals surface area contributed by atoms with Crippen LogP contribution in [0.2, 0.25) is 0 Å². The van der Waals surface area contributed by atoms with E-state index < -0.39 is 0 Å². The molecule has 2 N–H and O–H groups in total. The lowest BCUT2D eigenvalue weighted by Crippen LogP contribution is -2.24. The number of aromatic nitrogens is 2. The fraction of sp³-hybridized carbons (Fsp3) is 0.357. The first-order valence-corrected chi connectivity index (χ1v) is 7.53. The Morgan fingerprint density at radius 2 is 2.20 bits per heavy atom. The van der Waals surface area contributed by atoms with Gasteiger partial charge in [0.05, 0.1) is 0 Å². The second kappa shape index (κ2) is 7.00. The van der Waals surface area contributed by atoms with Gasteiger partial charge in [-0.3, -0.25) is 4.79 Å². The van der Waals surface area contributed by atoms with Gasteiger partial charge >= 0.3 is 0 Å². The molecule has 0 fully saturated rings. The summed E-state index contributed by atoms with van der Waals surface area (Å²) >= 11 is 1.70. The van der Waals surface area contributed by atoms with Crippen LogP contribution in [-0.2, 0) is 6.42 Å². The molecule has 2 rings (SSSR count). The van der Waals surface area contributed by atoms with E-state index in [2.05, 4.69) is 44.6 Å². The summed E-state index contributed by atoms with van der Waals surface area (Å²) in [5.41, 5.74) is 1.64. The summed E-state index contributed by atoms with van der Waals surface area (Å²) in [6, 6.07) is 5.83. The first-order chi connectivity index (χ1) is 9.69. The minimum atomic E-state index is -0.196. The third kappa shape index (κ3) is 4.03. The van der Waals surface area contributed by atoms with E-state index in [1.165, 1.54) is 5.56 Å². The summed E-state index contributed by atoms with van der Waals surface area (Å²) in [5.74, 6) is 0.485. The number of anilines is 1. The van der Waals surface area contributed by atoms with Crippen molar-refractivity contribution in [2.24, 2.45) is 0 Å². The highest BCUT2D eigenvalue weighted by Crippen LogP contribution is 2.11. The first kappa shape index (κ1) is 14.5. The predicted molar refractivity (Wildman–Crippen MR) is 81.1 cm³/mol. The molecule has 0 saturated heterocycles. The van der Waals surface area contributed by atoms with Gasteiger partial charge < -0.3 is 10.6 Å². The quantitative estimate of drug-likeness (QED) is 0.857. The average Bonchev–Trinajstić information content (AvgIpc) is 2.92. The molecule has 0 spiro atoms. The van der Waals surface area contributed by atoms with Crippen LogP contribution in [0.1, 0.15) is 29.9 Å². The van der Waals surface area contributed by atoms with E-state index in [1.807, 2.05) is 6.92 Å². The molecular formula is C14H18N4OS. The Morgan fingerprint density at radius 1 is 1.35 bits per heavy atom. The number of hydrogen-bond acceptors (Lipinski definition) is 5. The maximum absolute atomic E-state index is 11.6. The van der Waals surface area contributed by atoms with Crippen LogP contribution in [-0.4, -0.2) is 28.7 Å². The molecule has 0 bridgehead atoms. The predicted octanol–water partition coefficient (Wildman–Crippen LogP) is 2.33. The number of carbonyl (C=O) groups is 1. The van der Waals surface area contributed by atoms with E-state index in [4.69, 9.17) is 0 Å². The monoisotopic (exact) mass is 290 g/mol. The van der Waals surface area contributed by atoms with Crippen LogP contribution in [0, 0.1) is 0 Å². The Bertz CT molecular complexity index is 539. The van der Waals surface area contributed by atoms with Crippen molar-refractivity contribution < 1.29 is 4.79 Å². The van der Waals surface area contributed by atoms with Gasteiger partial charge in [0, 0.05) is 12.6 Å². The third-order valence-corrected chi connectivity index (χ3v) is 3.48. The highest BCUT2D eigenvalue weighted by molar-refractivity contribution is 7.07.